The molecule has 0 amide bonds. The molecular formula is C12H20N2S. The average molecular weight is 224 g/mol. The lowest BCUT2D eigenvalue weighted by Crippen LogP contribution is -2.50. The first-order valence-corrected chi connectivity index (χ1v) is 6.75. The smallest absolute Gasteiger partial charge is 0.0331 e. The lowest BCUT2D eigenvalue weighted by molar-refractivity contribution is 0.145. The van der Waals surface area contributed by atoms with Gasteiger partial charge in [0.15, 0.2) is 0 Å². The highest BCUT2D eigenvalue weighted by molar-refractivity contribution is 7.09. The topological polar surface area (TPSA) is 15.3 Å². The fraction of sp³-hybridized carbons (Fsp3) is 0.667. The van der Waals surface area contributed by atoms with Gasteiger partial charge in [-0.15, -0.1) is 11.3 Å². The van der Waals surface area contributed by atoms with E-state index >= 15 is 0 Å². The fourth-order valence-electron chi connectivity index (χ4n) is 2.23. The summed E-state index contributed by atoms with van der Waals surface area (Å²) in [6.07, 6.45) is 2.60. The molecule has 0 saturated carbocycles. The highest BCUT2D eigenvalue weighted by Gasteiger charge is 2.21. The van der Waals surface area contributed by atoms with Gasteiger partial charge in [0.05, 0.1) is 0 Å². The van der Waals surface area contributed by atoms with Crippen molar-refractivity contribution >= 4 is 11.3 Å². The number of nitrogens with one attached hydrogen (secondary N) is 1. The summed E-state index contributed by atoms with van der Waals surface area (Å²) in [5.41, 5.74) is 0. The van der Waals surface area contributed by atoms with Crippen LogP contribution < -0.4 is 5.32 Å². The summed E-state index contributed by atoms with van der Waals surface area (Å²) in [5, 5.41) is 5.66. The van der Waals surface area contributed by atoms with Gasteiger partial charge in [-0.3, -0.25) is 4.90 Å². The predicted octanol–water partition coefficient (Wildman–Crippen LogP) is 2.32. The van der Waals surface area contributed by atoms with E-state index in [0.717, 1.165) is 19.1 Å². The van der Waals surface area contributed by atoms with E-state index in [2.05, 4.69) is 34.7 Å². The van der Waals surface area contributed by atoms with Gasteiger partial charge in [-0.1, -0.05) is 19.4 Å². The van der Waals surface area contributed by atoms with Gasteiger partial charge in [-0.2, -0.15) is 0 Å². The summed E-state index contributed by atoms with van der Waals surface area (Å²) in [6.45, 7) is 6.93. The molecule has 1 fully saturated rings. The van der Waals surface area contributed by atoms with Crippen LogP contribution in [0.4, 0.5) is 0 Å². The van der Waals surface area contributed by atoms with Gasteiger partial charge in [0.25, 0.3) is 0 Å². The molecule has 2 nitrogen and oxygen atoms in total. The van der Waals surface area contributed by atoms with E-state index in [1.54, 1.807) is 0 Å². The Hall–Kier alpha value is -0.380. The largest absolute Gasteiger partial charge is 0.314 e. The van der Waals surface area contributed by atoms with Crippen LogP contribution in [-0.2, 0) is 6.54 Å². The summed E-state index contributed by atoms with van der Waals surface area (Å²) >= 11 is 1.87. The molecule has 15 heavy (non-hydrogen) atoms. The van der Waals surface area contributed by atoms with Gasteiger partial charge in [-0.05, 0) is 17.9 Å². The molecule has 0 aliphatic carbocycles. The van der Waals surface area contributed by atoms with Gasteiger partial charge >= 0.3 is 0 Å². The second-order valence-electron chi connectivity index (χ2n) is 4.20. The van der Waals surface area contributed by atoms with Crippen molar-refractivity contribution in [1.82, 2.24) is 10.2 Å². The fourth-order valence-corrected chi connectivity index (χ4v) is 2.96. The van der Waals surface area contributed by atoms with Crippen LogP contribution in [0.15, 0.2) is 17.5 Å². The van der Waals surface area contributed by atoms with E-state index in [1.165, 1.54) is 30.8 Å². The maximum atomic E-state index is 3.49. The number of thiophene rings is 1. The van der Waals surface area contributed by atoms with Crippen LogP contribution in [0.2, 0.25) is 0 Å². The third-order valence-corrected chi connectivity index (χ3v) is 3.89. The Kier molecular flexibility index (Phi) is 4.18. The first-order chi connectivity index (χ1) is 7.40. The molecule has 0 spiro atoms. The predicted molar refractivity (Wildman–Crippen MR) is 66.3 cm³/mol. The van der Waals surface area contributed by atoms with Crippen molar-refractivity contribution in [2.45, 2.75) is 32.4 Å². The monoisotopic (exact) mass is 224 g/mol. The molecule has 1 aliphatic heterocycles. The summed E-state index contributed by atoms with van der Waals surface area (Å²) in [6, 6.07) is 5.14. The van der Waals surface area contributed by atoms with E-state index in [9.17, 15) is 0 Å². The minimum atomic E-state index is 0.742. The number of piperazine rings is 1. The zero-order valence-electron chi connectivity index (χ0n) is 9.41. The van der Waals surface area contributed by atoms with E-state index in [1.807, 2.05) is 11.3 Å². The van der Waals surface area contributed by atoms with Crippen LogP contribution in [0.1, 0.15) is 24.6 Å². The van der Waals surface area contributed by atoms with Gasteiger partial charge in [0.1, 0.15) is 0 Å². The molecule has 0 bridgehead atoms. The highest BCUT2D eigenvalue weighted by atomic mass is 32.1. The molecule has 1 saturated heterocycles. The second kappa shape index (κ2) is 5.64. The minimum absolute atomic E-state index is 0.742. The van der Waals surface area contributed by atoms with Gasteiger partial charge in [0, 0.05) is 37.1 Å². The third-order valence-electron chi connectivity index (χ3n) is 3.03. The Morgan fingerprint density at radius 1 is 1.60 bits per heavy atom. The molecule has 1 aromatic rings. The highest BCUT2D eigenvalue weighted by Crippen LogP contribution is 2.17. The van der Waals surface area contributed by atoms with Crippen molar-refractivity contribution in [2.24, 2.45) is 0 Å². The van der Waals surface area contributed by atoms with Gasteiger partial charge in [0.2, 0.25) is 0 Å². The number of hydrogen-bond donors (Lipinski definition) is 1. The summed E-state index contributed by atoms with van der Waals surface area (Å²) in [7, 11) is 0. The van der Waals surface area contributed by atoms with Crippen LogP contribution >= 0.6 is 11.3 Å². The maximum Gasteiger partial charge on any atom is 0.0331 e. The van der Waals surface area contributed by atoms with Crippen molar-refractivity contribution in [2.75, 3.05) is 19.6 Å². The Labute approximate surface area is 96.3 Å². The number of rotatable bonds is 4. The lowest BCUT2D eigenvalue weighted by Gasteiger charge is -2.35. The second-order valence-corrected chi connectivity index (χ2v) is 5.23. The molecule has 2 rings (SSSR count). The molecule has 1 unspecified atom stereocenters. The van der Waals surface area contributed by atoms with E-state index in [-0.39, 0.29) is 0 Å². The first-order valence-electron chi connectivity index (χ1n) is 5.87. The third kappa shape index (κ3) is 3.03. The van der Waals surface area contributed by atoms with Crippen LogP contribution in [0.25, 0.3) is 0 Å². The maximum absolute atomic E-state index is 3.49. The van der Waals surface area contributed by atoms with Crippen molar-refractivity contribution in [3.05, 3.63) is 22.4 Å². The zero-order valence-corrected chi connectivity index (χ0v) is 10.2. The normalized spacial score (nSPS) is 23.1. The van der Waals surface area contributed by atoms with Gasteiger partial charge in [-0.25, -0.2) is 0 Å². The van der Waals surface area contributed by atoms with E-state index in [4.69, 9.17) is 0 Å². The Morgan fingerprint density at radius 2 is 2.53 bits per heavy atom. The lowest BCUT2D eigenvalue weighted by atomic mass is 10.1. The molecule has 1 aliphatic rings. The zero-order chi connectivity index (χ0) is 10.5. The molecule has 0 aromatic carbocycles. The van der Waals surface area contributed by atoms with Crippen molar-refractivity contribution < 1.29 is 0 Å². The molecule has 84 valence electrons. The quantitative estimate of drug-likeness (QED) is 0.844. The minimum Gasteiger partial charge on any atom is -0.314 e. The van der Waals surface area contributed by atoms with Crippen LogP contribution in [0.5, 0.6) is 0 Å². The standard InChI is InChI=1S/C12H20N2S/c1-2-4-11-9-13-6-7-14(11)10-12-5-3-8-15-12/h3,5,8,11,13H,2,4,6-7,9-10H2,1H3. The van der Waals surface area contributed by atoms with Crippen molar-refractivity contribution in [1.29, 1.82) is 0 Å². The summed E-state index contributed by atoms with van der Waals surface area (Å²) in [4.78, 5) is 4.13. The summed E-state index contributed by atoms with van der Waals surface area (Å²) in [5.74, 6) is 0. The number of hydrogen-bond acceptors (Lipinski definition) is 3. The molecule has 1 N–H and O–H groups in total. The average Bonchev–Trinajstić information content (AvgIpc) is 2.74. The van der Waals surface area contributed by atoms with Crippen molar-refractivity contribution in [3.8, 4) is 0 Å². The van der Waals surface area contributed by atoms with Gasteiger partial charge < -0.3 is 5.32 Å². The van der Waals surface area contributed by atoms with Crippen molar-refractivity contribution in [3.63, 3.8) is 0 Å². The number of nitrogens with zero attached hydrogens (tertiary/aromatic N) is 1. The molecule has 1 aromatic heterocycles. The van der Waals surface area contributed by atoms with Crippen LogP contribution in [-0.4, -0.2) is 30.6 Å². The molecule has 3 heteroatoms. The first kappa shape index (κ1) is 11.1. The Balaban J connectivity index is 1.92. The van der Waals surface area contributed by atoms with Crippen LogP contribution in [0, 0.1) is 0 Å². The Morgan fingerprint density at radius 3 is 3.27 bits per heavy atom. The molecule has 0 radical (unpaired) electrons. The SMILES string of the molecule is CCCC1CNCCN1Cc1cccs1. The van der Waals surface area contributed by atoms with E-state index < -0.39 is 0 Å². The van der Waals surface area contributed by atoms with Crippen LogP contribution in [0.3, 0.4) is 0 Å². The molecular weight excluding hydrogens is 204 g/mol. The van der Waals surface area contributed by atoms with E-state index in [0.29, 0.717) is 0 Å². The summed E-state index contributed by atoms with van der Waals surface area (Å²) < 4.78 is 0. The Bertz CT molecular complexity index is 269. The molecule has 2 heterocycles. The molecule has 1 atom stereocenters.